The first-order valence-corrected chi connectivity index (χ1v) is 5.40. The minimum absolute atomic E-state index is 0.561. The normalized spacial score (nSPS) is 9.93. The molecule has 0 saturated carbocycles. The predicted molar refractivity (Wildman–Crippen MR) is 64.1 cm³/mol. The molecule has 0 saturated heterocycles. The Kier molecular flexibility index (Phi) is 5.56. The van der Waals surface area contributed by atoms with Crippen LogP contribution >= 0.6 is 0 Å². The van der Waals surface area contributed by atoms with Crippen LogP contribution in [0.5, 0.6) is 5.75 Å². The molecule has 0 radical (unpaired) electrons. The summed E-state index contributed by atoms with van der Waals surface area (Å²) in [6, 6.07) is 8.14. The number of benzene rings is 1. The Morgan fingerprint density at radius 1 is 1.47 bits per heavy atom. The Morgan fingerprint density at radius 3 is 3.07 bits per heavy atom. The van der Waals surface area contributed by atoms with Crippen LogP contribution in [0.3, 0.4) is 0 Å². The van der Waals surface area contributed by atoms with Crippen molar-refractivity contribution < 1.29 is 4.74 Å². The molecule has 0 fully saturated rings. The van der Waals surface area contributed by atoms with Crippen LogP contribution in [0.15, 0.2) is 36.9 Å². The van der Waals surface area contributed by atoms with Crippen molar-refractivity contribution in [3.8, 4) is 5.75 Å². The Balaban J connectivity index is 2.46. The minimum atomic E-state index is 0.561. The quantitative estimate of drug-likeness (QED) is 0.546. The second-order valence-corrected chi connectivity index (χ2v) is 3.42. The summed E-state index contributed by atoms with van der Waals surface area (Å²) in [5.41, 5.74) is 1.25. The Labute approximate surface area is 92.0 Å². The van der Waals surface area contributed by atoms with E-state index in [2.05, 4.69) is 31.0 Å². The van der Waals surface area contributed by atoms with Gasteiger partial charge < -0.3 is 10.1 Å². The first-order valence-electron chi connectivity index (χ1n) is 5.40. The molecular formula is C13H19NO. The van der Waals surface area contributed by atoms with Crippen LogP contribution in [0, 0.1) is 0 Å². The molecule has 1 aromatic rings. The molecule has 0 atom stereocenters. The van der Waals surface area contributed by atoms with Crippen molar-refractivity contribution >= 4 is 0 Å². The molecule has 1 rings (SSSR count). The van der Waals surface area contributed by atoms with E-state index in [0.29, 0.717) is 6.61 Å². The number of rotatable bonds is 7. The maximum atomic E-state index is 5.46. The molecule has 0 heterocycles. The summed E-state index contributed by atoms with van der Waals surface area (Å²) in [7, 11) is 0. The van der Waals surface area contributed by atoms with E-state index in [-0.39, 0.29) is 0 Å². The summed E-state index contributed by atoms with van der Waals surface area (Å²) in [6.45, 7) is 8.30. The van der Waals surface area contributed by atoms with Crippen LogP contribution < -0.4 is 10.1 Å². The van der Waals surface area contributed by atoms with Crippen LogP contribution in [0.1, 0.15) is 18.9 Å². The summed E-state index contributed by atoms with van der Waals surface area (Å²) in [4.78, 5) is 0. The first-order chi connectivity index (χ1) is 7.36. The molecule has 2 nitrogen and oxygen atoms in total. The molecule has 0 aliphatic rings. The highest BCUT2D eigenvalue weighted by Gasteiger charge is 1.95. The molecule has 15 heavy (non-hydrogen) atoms. The molecule has 1 aromatic carbocycles. The van der Waals surface area contributed by atoms with E-state index >= 15 is 0 Å². The van der Waals surface area contributed by atoms with Crippen molar-refractivity contribution in [3.63, 3.8) is 0 Å². The Bertz CT molecular complexity index is 296. The smallest absolute Gasteiger partial charge is 0.120 e. The van der Waals surface area contributed by atoms with Gasteiger partial charge in [0.15, 0.2) is 0 Å². The second kappa shape index (κ2) is 7.07. The van der Waals surface area contributed by atoms with Gasteiger partial charge >= 0.3 is 0 Å². The number of ether oxygens (including phenoxy) is 1. The molecule has 0 unspecified atom stereocenters. The molecule has 1 N–H and O–H groups in total. The lowest BCUT2D eigenvalue weighted by Crippen LogP contribution is -2.13. The summed E-state index contributed by atoms with van der Waals surface area (Å²) in [5.74, 6) is 0.908. The maximum Gasteiger partial charge on any atom is 0.120 e. The van der Waals surface area contributed by atoms with Gasteiger partial charge in [-0.2, -0.15) is 0 Å². The van der Waals surface area contributed by atoms with Crippen molar-refractivity contribution in [1.82, 2.24) is 5.32 Å². The van der Waals surface area contributed by atoms with Crippen molar-refractivity contribution in [2.45, 2.75) is 19.9 Å². The Hall–Kier alpha value is -1.28. The molecule has 0 aliphatic carbocycles. The van der Waals surface area contributed by atoms with Crippen LogP contribution in [-0.2, 0) is 6.54 Å². The van der Waals surface area contributed by atoms with Crippen LogP contribution in [0.4, 0.5) is 0 Å². The summed E-state index contributed by atoms with van der Waals surface area (Å²) < 4.78 is 5.46. The van der Waals surface area contributed by atoms with Crippen molar-refractivity contribution in [3.05, 3.63) is 42.5 Å². The lowest BCUT2D eigenvalue weighted by molar-refractivity contribution is 0.362. The van der Waals surface area contributed by atoms with Gasteiger partial charge in [0.25, 0.3) is 0 Å². The van der Waals surface area contributed by atoms with Gasteiger partial charge in [-0.3, -0.25) is 0 Å². The monoisotopic (exact) mass is 205 g/mol. The largest absolute Gasteiger partial charge is 0.490 e. The molecule has 0 amide bonds. The van der Waals surface area contributed by atoms with Gasteiger partial charge in [0.2, 0.25) is 0 Å². The highest BCUT2D eigenvalue weighted by molar-refractivity contribution is 5.28. The van der Waals surface area contributed by atoms with Gasteiger partial charge in [-0.15, -0.1) is 0 Å². The highest BCUT2D eigenvalue weighted by atomic mass is 16.5. The second-order valence-electron chi connectivity index (χ2n) is 3.42. The van der Waals surface area contributed by atoms with Crippen LogP contribution in [0.25, 0.3) is 0 Å². The van der Waals surface area contributed by atoms with E-state index in [1.807, 2.05) is 12.1 Å². The zero-order valence-corrected chi connectivity index (χ0v) is 9.33. The molecule has 0 aromatic heterocycles. The van der Waals surface area contributed by atoms with Crippen molar-refractivity contribution in [2.24, 2.45) is 0 Å². The fourth-order valence-corrected chi connectivity index (χ4v) is 1.31. The van der Waals surface area contributed by atoms with E-state index in [9.17, 15) is 0 Å². The summed E-state index contributed by atoms with van der Waals surface area (Å²) >= 11 is 0. The minimum Gasteiger partial charge on any atom is -0.490 e. The number of hydrogen-bond acceptors (Lipinski definition) is 2. The van der Waals surface area contributed by atoms with Gasteiger partial charge in [-0.05, 0) is 30.7 Å². The zero-order chi connectivity index (χ0) is 10.9. The number of nitrogens with one attached hydrogen (secondary N) is 1. The third kappa shape index (κ3) is 4.66. The maximum absolute atomic E-state index is 5.46. The topological polar surface area (TPSA) is 21.3 Å². The first kappa shape index (κ1) is 11.8. The average Bonchev–Trinajstić information content (AvgIpc) is 2.27. The van der Waals surface area contributed by atoms with E-state index in [1.54, 1.807) is 6.08 Å². The number of hydrogen-bond donors (Lipinski definition) is 1. The van der Waals surface area contributed by atoms with E-state index in [4.69, 9.17) is 4.74 Å². The van der Waals surface area contributed by atoms with Gasteiger partial charge in [-0.25, -0.2) is 0 Å². The molecule has 0 bridgehead atoms. The molecular weight excluding hydrogens is 186 g/mol. The van der Waals surface area contributed by atoms with Crippen LogP contribution in [-0.4, -0.2) is 13.2 Å². The van der Waals surface area contributed by atoms with E-state index in [1.165, 1.54) is 5.56 Å². The van der Waals surface area contributed by atoms with Crippen LogP contribution in [0.2, 0.25) is 0 Å². The fourth-order valence-electron chi connectivity index (χ4n) is 1.31. The molecule has 82 valence electrons. The standard InChI is InChI=1S/C13H19NO/c1-3-8-14-11-12-6-5-7-13(10-12)15-9-4-2/h4-7,10,14H,2-3,8-9,11H2,1H3. The predicted octanol–water partition coefficient (Wildman–Crippen LogP) is 2.75. The van der Waals surface area contributed by atoms with E-state index < -0.39 is 0 Å². The third-order valence-electron chi connectivity index (χ3n) is 2.02. The van der Waals surface area contributed by atoms with Gasteiger partial charge in [0.05, 0.1) is 0 Å². The third-order valence-corrected chi connectivity index (χ3v) is 2.02. The summed E-state index contributed by atoms with van der Waals surface area (Å²) in [5, 5.41) is 3.36. The zero-order valence-electron chi connectivity index (χ0n) is 9.33. The SMILES string of the molecule is C=CCOc1cccc(CNCCC)c1. The fraction of sp³-hybridized carbons (Fsp3) is 0.385. The van der Waals surface area contributed by atoms with Gasteiger partial charge in [0.1, 0.15) is 12.4 Å². The summed E-state index contributed by atoms with van der Waals surface area (Å²) in [6.07, 6.45) is 2.91. The molecule has 2 heteroatoms. The molecule has 0 aliphatic heterocycles. The van der Waals surface area contributed by atoms with E-state index in [0.717, 1.165) is 25.3 Å². The van der Waals surface area contributed by atoms with Crippen molar-refractivity contribution in [1.29, 1.82) is 0 Å². The average molecular weight is 205 g/mol. The molecule has 0 spiro atoms. The highest BCUT2D eigenvalue weighted by Crippen LogP contribution is 2.12. The van der Waals surface area contributed by atoms with Crippen molar-refractivity contribution in [2.75, 3.05) is 13.2 Å². The van der Waals surface area contributed by atoms with Gasteiger partial charge in [-0.1, -0.05) is 31.7 Å². The Morgan fingerprint density at radius 2 is 2.33 bits per heavy atom. The van der Waals surface area contributed by atoms with Gasteiger partial charge in [0, 0.05) is 6.54 Å². The lowest BCUT2D eigenvalue weighted by Gasteiger charge is -2.06. The lowest BCUT2D eigenvalue weighted by atomic mass is 10.2.